The minimum absolute atomic E-state index is 0.208. The predicted octanol–water partition coefficient (Wildman–Crippen LogP) is 3.81. The first-order valence-corrected chi connectivity index (χ1v) is 5.59. The molecule has 0 aromatic rings. The molecule has 0 aromatic heterocycles. The van der Waals surface area contributed by atoms with Gasteiger partial charge in [0.05, 0.1) is 25.0 Å². The van der Waals surface area contributed by atoms with Crippen molar-refractivity contribution in [3.63, 3.8) is 0 Å². The van der Waals surface area contributed by atoms with E-state index in [4.69, 9.17) is 14.6 Å². The van der Waals surface area contributed by atoms with Gasteiger partial charge in [0.1, 0.15) is 0 Å². The smallest absolute Gasteiger partial charge is 0.307 e. The van der Waals surface area contributed by atoms with E-state index in [1.807, 2.05) is 0 Å². The van der Waals surface area contributed by atoms with Crippen molar-refractivity contribution in [2.75, 3.05) is 0 Å². The maximum Gasteiger partial charge on any atom is 0.307 e. The molecule has 0 heterocycles. The maximum absolute atomic E-state index is 9.75. The third-order valence-corrected chi connectivity index (χ3v) is 1.27. The Hall–Kier alpha value is -2.17. The fourth-order valence-corrected chi connectivity index (χ4v) is 0.736. The van der Waals surface area contributed by atoms with Crippen LogP contribution < -0.4 is 0 Å². The zero-order chi connectivity index (χ0) is 15.5. The van der Waals surface area contributed by atoms with Crippen molar-refractivity contribution in [1.29, 1.82) is 0 Å². The van der Waals surface area contributed by atoms with Crippen LogP contribution in [-0.2, 0) is 19.0 Å². The lowest BCUT2D eigenvalue weighted by Crippen LogP contribution is -2.10. The molecule has 19 heavy (non-hydrogen) atoms. The van der Waals surface area contributed by atoms with Crippen LogP contribution in [0.25, 0.3) is 0 Å². The molecule has 0 rings (SSSR count). The van der Waals surface area contributed by atoms with Crippen molar-refractivity contribution in [2.24, 2.45) is 0 Å². The Morgan fingerprint density at radius 2 is 1.58 bits per heavy atom. The minimum Gasteiger partial charge on any atom is -0.516 e. The summed E-state index contributed by atoms with van der Waals surface area (Å²) in [6.45, 7) is 16.3. The lowest BCUT2D eigenvalue weighted by Gasteiger charge is -2.13. The van der Waals surface area contributed by atoms with Crippen LogP contribution in [0, 0.1) is 0 Å². The van der Waals surface area contributed by atoms with E-state index in [-0.39, 0.29) is 12.3 Å². The first-order chi connectivity index (χ1) is 9.03. The van der Waals surface area contributed by atoms with Gasteiger partial charge in [-0.15, -0.1) is 0 Å². The van der Waals surface area contributed by atoms with Crippen LogP contribution in [0.4, 0.5) is 0 Å². The SMILES string of the molecule is C=CO.C=COC(C)=O.C=COC(CCC)OC=C. The first kappa shape index (κ1) is 22.0. The van der Waals surface area contributed by atoms with E-state index in [0.29, 0.717) is 0 Å². The number of ether oxygens (including phenoxy) is 3. The molecule has 0 saturated carbocycles. The first-order valence-electron chi connectivity index (χ1n) is 5.59. The van der Waals surface area contributed by atoms with Gasteiger partial charge in [0, 0.05) is 13.3 Å². The van der Waals surface area contributed by atoms with E-state index < -0.39 is 0 Å². The maximum atomic E-state index is 9.75. The van der Waals surface area contributed by atoms with E-state index >= 15 is 0 Å². The summed E-state index contributed by atoms with van der Waals surface area (Å²) < 4.78 is 14.2. The third kappa shape index (κ3) is 31.3. The highest BCUT2D eigenvalue weighted by atomic mass is 16.7. The Bertz CT molecular complexity index is 238. The summed E-state index contributed by atoms with van der Waals surface area (Å²) in [6, 6.07) is 0. The molecule has 0 aliphatic heterocycles. The van der Waals surface area contributed by atoms with Gasteiger partial charge in [-0.1, -0.05) is 33.2 Å². The van der Waals surface area contributed by atoms with Gasteiger partial charge in [0.15, 0.2) is 0 Å². The summed E-state index contributed by atoms with van der Waals surface area (Å²) in [6.07, 6.45) is 6.28. The molecule has 0 aliphatic carbocycles. The molecular formula is C14H24O5. The number of aliphatic hydroxyl groups excluding tert-OH is 1. The van der Waals surface area contributed by atoms with Gasteiger partial charge in [-0.05, 0) is 6.42 Å². The second-order valence-corrected chi connectivity index (χ2v) is 2.78. The van der Waals surface area contributed by atoms with E-state index in [0.717, 1.165) is 25.4 Å². The number of rotatable bonds is 7. The van der Waals surface area contributed by atoms with E-state index in [2.05, 4.69) is 38.0 Å². The molecule has 0 radical (unpaired) electrons. The van der Waals surface area contributed by atoms with Crippen molar-refractivity contribution in [2.45, 2.75) is 33.0 Å². The summed E-state index contributed by atoms with van der Waals surface area (Å²) in [4.78, 5) is 9.75. The van der Waals surface area contributed by atoms with Crippen LogP contribution in [0.15, 0.2) is 51.4 Å². The van der Waals surface area contributed by atoms with Crippen LogP contribution in [0.2, 0.25) is 0 Å². The monoisotopic (exact) mass is 272 g/mol. The Balaban J connectivity index is -0.000000242. The second kappa shape index (κ2) is 21.1. The van der Waals surface area contributed by atoms with E-state index in [1.54, 1.807) is 0 Å². The van der Waals surface area contributed by atoms with Crippen molar-refractivity contribution in [1.82, 2.24) is 0 Å². The van der Waals surface area contributed by atoms with E-state index in [9.17, 15) is 4.79 Å². The van der Waals surface area contributed by atoms with Gasteiger partial charge in [0.25, 0.3) is 0 Å². The number of carbonyl (C=O) groups is 1. The van der Waals surface area contributed by atoms with Crippen molar-refractivity contribution in [3.8, 4) is 0 Å². The molecule has 0 aromatic carbocycles. The Morgan fingerprint density at radius 1 is 1.16 bits per heavy atom. The van der Waals surface area contributed by atoms with Crippen molar-refractivity contribution in [3.05, 3.63) is 51.4 Å². The Morgan fingerprint density at radius 3 is 1.74 bits per heavy atom. The molecule has 0 fully saturated rings. The van der Waals surface area contributed by atoms with Crippen molar-refractivity contribution >= 4 is 5.97 Å². The third-order valence-electron chi connectivity index (χ3n) is 1.27. The summed E-state index contributed by atoms with van der Waals surface area (Å²) in [5, 5.41) is 7.33. The zero-order valence-electron chi connectivity index (χ0n) is 11.7. The average molecular weight is 272 g/mol. The van der Waals surface area contributed by atoms with Crippen LogP contribution in [0.5, 0.6) is 0 Å². The fraction of sp³-hybridized carbons (Fsp3) is 0.357. The summed E-state index contributed by atoms with van der Waals surface area (Å²) >= 11 is 0. The van der Waals surface area contributed by atoms with Crippen LogP contribution >= 0.6 is 0 Å². The molecule has 0 spiro atoms. The van der Waals surface area contributed by atoms with Gasteiger partial charge in [-0.25, -0.2) is 0 Å². The quantitative estimate of drug-likeness (QED) is 0.433. The lowest BCUT2D eigenvalue weighted by atomic mass is 10.3. The predicted molar refractivity (Wildman–Crippen MR) is 76.0 cm³/mol. The molecule has 5 nitrogen and oxygen atoms in total. The molecule has 5 heteroatoms. The van der Waals surface area contributed by atoms with Crippen LogP contribution in [0.3, 0.4) is 0 Å². The molecule has 0 bridgehead atoms. The van der Waals surface area contributed by atoms with Gasteiger partial charge in [-0.2, -0.15) is 0 Å². The molecule has 0 unspecified atom stereocenters. The zero-order valence-corrected chi connectivity index (χ0v) is 11.7. The molecule has 0 atom stereocenters. The normalized spacial score (nSPS) is 7.53. The molecule has 110 valence electrons. The second-order valence-electron chi connectivity index (χ2n) is 2.78. The van der Waals surface area contributed by atoms with Crippen LogP contribution in [0.1, 0.15) is 26.7 Å². The van der Waals surface area contributed by atoms with Gasteiger partial charge in [0.2, 0.25) is 6.29 Å². The summed E-state index contributed by atoms with van der Waals surface area (Å²) in [7, 11) is 0. The highest BCUT2D eigenvalue weighted by Crippen LogP contribution is 2.03. The average Bonchev–Trinajstić information content (AvgIpc) is 2.31. The largest absolute Gasteiger partial charge is 0.516 e. The summed E-state index contributed by atoms with van der Waals surface area (Å²) in [5.41, 5.74) is 0. The highest BCUT2D eigenvalue weighted by Gasteiger charge is 2.03. The van der Waals surface area contributed by atoms with Gasteiger partial charge >= 0.3 is 5.97 Å². The Kier molecular flexibility index (Phi) is 24.5. The number of esters is 1. The highest BCUT2D eigenvalue weighted by molar-refractivity contribution is 5.66. The molecular weight excluding hydrogens is 248 g/mol. The van der Waals surface area contributed by atoms with Gasteiger partial charge < -0.3 is 19.3 Å². The van der Waals surface area contributed by atoms with Gasteiger partial charge in [-0.3, -0.25) is 4.79 Å². The van der Waals surface area contributed by atoms with Crippen LogP contribution in [-0.4, -0.2) is 17.4 Å². The Labute approximate surface area is 115 Å². The fourth-order valence-electron chi connectivity index (χ4n) is 0.736. The van der Waals surface area contributed by atoms with E-state index in [1.165, 1.54) is 19.4 Å². The number of carbonyl (C=O) groups excluding carboxylic acids is 1. The summed E-state index contributed by atoms with van der Waals surface area (Å²) in [5.74, 6) is -0.329. The molecule has 0 amide bonds. The molecule has 1 N–H and O–H groups in total. The number of hydrogen-bond acceptors (Lipinski definition) is 5. The molecule has 0 aliphatic rings. The topological polar surface area (TPSA) is 65.0 Å². The standard InChI is InChI=1S/C8H14O2.C4H6O2.C2H4O/c1-4-7-8(9-5-2)10-6-3;1-3-6-4(2)5;1-2-3/h5-6,8H,2-4,7H2,1H3;3H,1H2,2H3;2-3H,1H2. The van der Waals surface area contributed by atoms with Crippen molar-refractivity contribution < 1.29 is 24.1 Å². The lowest BCUT2D eigenvalue weighted by molar-refractivity contribution is -0.135. The minimum atomic E-state index is -0.329. The number of hydrogen-bond donors (Lipinski definition) is 1. The number of aliphatic hydroxyl groups is 1. The molecule has 0 saturated heterocycles.